The van der Waals surface area contributed by atoms with Gasteiger partial charge < -0.3 is 9.47 Å². The quantitative estimate of drug-likeness (QED) is 0.610. The topological polar surface area (TPSA) is 99.0 Å². The number of nitro benzene ring substituents is 1. The molecule has 0 spiro atoms. The van der Waals surface area contributed by atoms with Crippen molar-refractivity contribution in [2.45, 2.75) is 6.04 Å². The molecule has 0 aromatic heterocycles. The van der Waals surface area contributed by atoms with E-state index in [1.54, 1.807) is 0 Å². The fraction of sp³-hybridized carbons (Fsp3) is 0.125. The number of benzene rings is 2. The zero-order valence-electron chi connectivity index (χ0n) is 12.9. The second-order valence-corrected chi connectivity index (χ2v) is 5.28. The summed E-state index contributed by atoms with van der Waals surface area (Å²) in [4.78, 5) is 34.7. The van der Waals surface area contributed by atoms with Crippen molar-refractivity contribution in [3.05, 3.63) is 69.8 Å². The predicted molar refractivity (Wildman–Crippen MR) is 81.4 cm³/mol. The summed E-state index contributed by atoms with van der Waals surface area (Å²) in [6.45, 7) is -0.295. The van der Waals surface area contributed by atoms with Crippen LogP contribution in [0.25, 0.3) is 0 Å². The monoisotopic (exact) mass is 364 g/mol. The molecule has 8 nitrogen and oxygen atoms in total. The lowest BCUT2D eigenvalue weighted by Gasteiger charge is -2.19. The maximum atomic E-state index is 13.4. The van der Waals surface area contributed by atoms with E-state index in [0.717, 1.165) is 24.3 Å². The Hall–Kier alpha value is -3.56. The summed E-state index contributed by atoms with van der Waals surface area (Å²) in [6.07, 6.45) is -2.18. The summed E-state index contributed by atoms with van der Waals surface area (Å²) in [6, 6.07) is 6.11. The minimum Gasteiger partial charge on any atom is -0.446 e. The molecule has 1 aliphatic heterocycles. The number of cyclic esters (lactones) is 1. The number of amides is 2. The van der Waals surface area contributed by atoms with Gasteiger partial charge in [0.05, 0.1) is 4.92 Å². The molecule has 2 aromatic carbocycles. The number of non-ortho nitro benzene ring substituents is 1. The number of carbonyl (C=O) groups is 2. The van der Waals surface area contributed by atoms with Gasteiger partial charge in [0.1, 0.15) is 30.0 Å². The van der Waals surface area contributed by atoms with Gasteiger partial charge in [0.15, 0.2) is 0 Å². The van der Waals surface area contributed by atoms with Crippen molar-refractivity contribution in [1.29, 1.82) is 0 Å². The molecule has 1 fully saturated rings. The van der Waals surface area contributed by atoms with Crippen LogP contribution in [0, 0.1) is 21.7 Å². The Bertz CT molecular complexity index is 867. The molecule has 0 N–H and O–H groups in total. The smallest absolute Gasteiger partial charge is 0.425 e. The van der Waals surface area contributed by atoms with Crippen LogP contribution in [0.2, 0.25) is 0 Å². The summed E-state index contributed by atoms with van der Waals surface area (Å²) < 4.78 is 36.6. The molecule has 134 valence electrons. The van der Waals surface area contributed by atoms with Gasteiger partial charge in [0.2, 0.25) is 0 Å². The van der Waals surface area contributed by atoms with Gasteiger partial charge in [-0.2, -0.15) is 0 Å². The number of nitro groups is 1. The highest BCUT2D eigenvalue weighted by Crippen LogP contribution is 2.30. The number of hydrogen-bond donors (Lipinski definition) is 0. The Morgan fingerprint density at radius 3 is 2.38 bits per heavy atom. The molecule has 3 rings (SSSR count). The van der Waals surface area contributed by atoms with E-state index in [9.17, 15) is 28.5 Å². The first-order valence-corrected chi connectivity index (χ1v) is 7.23. The maximum absolute atomic E-state index is 13.4. The molecule has 0 aliphatic carbocycles. The minimum absolute atomic E-state index is 0.0222. The molecule has 0 bridgehead atoms. The molecule has 10 heteroatoms. The maximum Gasteiger partial charge on any atom is 0.425 e. The van der Waals surface area contributed by atoms with Crippen LogP contribution < -0.4 is 4.74 Å². The van der Waals surface area contributed by atoms with E-state index in [0.29, 0.717) is 11.0 Å². The third kappa shape index (κ3) is 3.43. The highest BCUT2D eigenvalue weighted by atomic mass is 19.1. The number of nitrogens with zero attached hydrogens (tertiary/aromatic N) is 2. The van der Waals surface area contributed by atoms with E-state index in [2.05, 4.69) is 0 Å². The molecular weight excluding hydrogens is 354 g/mol. The van der Waals surface area contributed by atoms with Crippen LogP contribution in [0.4, 0.5) is 24.1 Å². The summed E-state index contributed by atoms with van der Waals surface area (Å²) in [5, 5.41) is 10.6. The average molecular weight is 364 g/mol. The van der Waals surface area contributed by atoms with Crippen molar-refractivity contribution < 1.29 is 32.8 Å². The molecule has 2 amide bonds. The molecule has 1 heterocycles. The van der Waals surface area contributed by atoms with Gasteiger partial charge >= 0.3 is 12.2 Å². The lowest BCUT2D eigenvalue weighted by Crippen LogP contribution is -2.36. The first-order valence-electron chi connectivity index (χ1n) is 7.23. The van der Waals surface area contributed by atoms with Crippen LogP contribution in [0.5, 0.6) is 5.75 Å². The average Bonchev–Trinajstić information content (AvgIpc) is 2.96. The van der Waals surface area contributed by atoms with Crippen molar-refractivity contribution >= 4 is 17.9 Å². The van der Waals surface area contributed by atoms with Crippen LogP contribution in [0.15, 0.2) is 42.5 Å². The molecule has 1 saturated heterocycles. The van der Waals surface area contributed by atoms with Crippen LogP contribution in [0.1, 0.15) is 11.6 Å². The first-order chi connectivity index (χ1) is 12.3. The molecule has 1 aliphatic rings. The van der Waals surface area contributed by atoms with Crippen LogP contribution >= 0.6 is 0 Å². The summed E-state index contributed by atoms with van der Waals surface area (Å²) >= 11 is 0. The summed E-state index contributed by atoms with van der Waals surface area (Å²) in [5.41, 5.74) is -0.188. The lowest BCUT2D eigenvalue weighted by molar-refractivity contribution is -0.384. The van der Waals surface area contributed by atoms with Crippen molar-refractivity contribution in [2.24, 2.45) is 0 Å². The summed E-state index contributed by atoms with van der Waals surface area (Å²) in [5.74, 6) is -1.80. The number of imide groups is 1. The van der Waals surface area contributed by atoms with E-state index in [1.807, 2.05) is 0 Å². The molecule has 0 radical (unpaired) electrons. The first kappa shape index (κ1) is 17.3. The standard InChI is InChI=1S/C16H10F2N2O6/c17-10-5-9(6-11(18)7-10)14-8-25-15(21)19(14)16(22)26-13-3-1-12(2-4-13)20(23)24/h1-7,14H,8H2/t14-/m1/s1. The largest absolute Gasteiger partial charge is 0.446 e. The van der Waals surface area contributed by atoms with Gasteiger partial charge in [0, 0.05) is 18.2 Å². The van der Waals surface area contributed by atoms with E-state index in [1.165, 1.54) is 12.1 Å². The Labute approximate surface area is 144 Å². The van der Waals surface area contributed by atoms with Crippen LogP contribution in [0.3, 0.4) is 0 Å². The summed E-state index contributed by atoms with van der Waals surface area (Å²) in [7, 11) is 0. The SMILES string of the molecule is O=C1OC[C@H](c2cc(F)cc(F)c2)N1C(=O)Oc1ccc([N+](=O)[O-])cc1. The number of rotatable bonds is 3. The van der Waals surface area contributed by atoms with E-state index in [-0.39, 0.29) is 23.6 Å². The second-order valence-electron chi connectivity index (χ2n) is 5.28. The van der Waals surface area contributed by atoms with Crippen molar-refractivity contribution in [3.8, 4) is 5.75 Å². The lowest BCUT2D eigenvalue weighted by atomic mass is 10.1. The third-order valence-electron chi connectivity index (χ3n) is 3.59. The van der Waals surface area contributed by atoms with Crippen LogP contribution in [-0.4, -0.2) is 28.6 Å². The van der Waals surface area contributed by atoms with E-state index >= 15 is 0 Å². The number of hydrogen-bond acceptors (Lipinski definition) is 6. The zero-order chi connectivity index (χ0) is 18.8. The Morgan fingerprint density at radius 1 is 1.19 bits per heavy atom. The highest BCUT2D eigenvalue weighted by molar-refractivity contribution is 5.90. The molecule has 0 saturated carbocycles. The fourth-order valence-electron chi connectivity index (χ4n) is 2.42. The van der Waals surface area contributed by atoms with Gasteiger partial charge in [-0.1, -0.05) is 0 Å². The van der Waals surface area contributed by atoms with E-state index < -0.39 is 34.8 Å². The molecule has 0 unspecified atom stereocenters. The Morgan fingerprint density at radius 2 is 1.81 bits per heavy atom. The van der Waals surface area contributed by atoms with Crippen molar-refractivity contribution in [3.63, 3.8) is 0 Å². The number of halogens is 2. The predicted octanol–water partition coefficient (Wildman–Crippen LogP) is 3.57. The normalized spacial score (nSPS) is 16.3. The molecule has 2 aromatic rings. The molecular formula is C16H10F2N2O6. The Kier molecular flexibility index (Phi) is 4.48. The van der Waals surface area contributed by atoms with Gasteiger partial charge in [-0.25, -0.2) is 23.3 Å². The highest BCUT2D eigenvalue weighted by Gasteiger charge is 2.40. The van der Waals surface area contributed by atoms with Crippen molar-refractivity contribution in [1.82, 2.24) is 4.90 Å². The zero-order valence-corrected chi connectivity index (χ0v) is 12.9. The second kappa shape index (κ2) is 6.75. The van der Waals surface area contributed by atoms with Gasteiger partial charge in [0.25, 0.3) is 5.69 Å². The number of ether oxygens (including phenoxy) is 2. The van der Waals surface area contributed by atoms with Crippen molar-refractivity contribution in [2.75, 3.05) is 6.61 Å². The van der Waals surface area contributed by atoms with Gasteiger partial charge in [-0.15, -0.1) is 0 Å². The van der Waals surface area contributed by atoms with Gasteiger partial charge in [-0.3, -0.25) is 10.1 Å². The van der Waals surface area contributed by atoms with Crippen LogP contribution in [-0.2, 0) is 4.74 Å². The Balaban J connectivity index is 1.81. The molecule has 1 atom stereocenters. The fourth-order valence-corrected chi connectivity index (χ4v) is 2.42. The number of carbonyl (C=O) groups excluding carboxylic acids is 2. The van der Waals surface area contributed by atoms with Gasteiger partial charge in [-0.05, 0) is 29.8 Å². The molecule has 26 heavy (non-hydrogen) atoms. The minimum atomic E-state index is -1.14. The van der Waals surface area contributed by atoms with E-state index in [4.69, 9.17) is 9.47 Å². The third-order valence-corrected chi connectivity index (χ3v) is 3.59.